The second-order valence-electron chi connectivity index (χ2n) is 7.89. The number of ether oxygens (including phenoxy) is 1. The van der Waals surface area contributed by atoms with Gasteiger partial charge in [-0.25, -0.2) is 10.2 Å². The molecule has 184 valence electrons. The maximum Gasteiger partial charge on any atom is 0.355 e. The van der Waals surface area contributed by atoms with Gasteiger partial charge in [-0.2, -0.15) is 10.2 Å². The van der Waals surface area contributed by atoms with Crippen LogP contribution in [0.2, 0.25) is 10.0 Å². The van der Waals surface area contributed by atoms with Crippen LogP contribution in [0.15, 0.2) is 90.2 Å². The number of esters is 1. The molecule has 0 saturated heterocycles. The Bertz CT molecular complexity index is 1630. The minimum Gasteiger partial charge on any atom is -0.422 e. The number of thiophene rings is 1. The number of amides is 1. The fraction of sp³-hybridized carbons (Fsp3) is 0.0370. The topological polar surface area (TPSA) is 85.6 Å². The summed E-state index contributed by atoms with van der Waals surface area (Å²) in [4.78, 5) is 25.7. The Kier molecular flexibility index (Phi) is 7.32. The van der Waals surface area contributed by atoms with Crippen molar-refractivity contribution in [1.82, 2.24) is 15.2 Å². The van der Waals surface area contributed by atoms with Gasteiger partial charge in [0.1, 0.15) is 10.6 Å². The zero-order valence-electron chi connectivity index (χ0n) is 19.1. The van der Waals surface area contributed by atoms with E-state index < -0.39 is 11.9 Å². The van der Waals surface area contributed by atoms with E-state index in [2.05, 4.69) is 15.6 Å². The average molecular weight is 549 g/mol. The van der Waals surface area contributed by atoms with Crippen molar-refractivity contribution in [2.24, 2.45) is 5.10 Å². The Labute approximate surface area is 225 Å². The van der Waals surface area contributed by atoms with Crippen molar-refractivity contribution >= 4 is 62.7 Å². The van der Waals surface area contributed by atoms with Gasteiger partial charge in [0, 0.05) is 26.9 Å². The van der Waals surface area contributed by atoms with Crippen molar-refractivity contribution in [3.63, 3.8) is 0 Å². The number of halogens is 2. The van der Waals surface area contributed by atoms with Crippen molar-refractivity contribution in [3.8, 4) is 5.75 Å². The number of hydrazone groups is 1. The van der Waals surface area contributed by atoms with Crippen molar-refractivity contribution in [2.75, 3.05) is 0 Å². The molecule has 37 heavy (non-hydrogen) atoms. The first-order valence-electron chi connectivity index (χ1n) is 11.1. The van der Waals surface area contributed by atoms with Crippen LogP contribution in [0.25, 0.3) is 10.1 Å². The van der Waals surface area contributed by atoms with Gasteiger partial charge in [0.25, 0.3) is 5.91 Å². The molecule has 1 N–H and O–H groups in total. The van der Waals surface area contributed by atoms with E-state index in [9.17, 15) is 9.59 Å². The van der Waals surface area contributed by atoms with Crippen molar-refractivity contribution in [2.45, 2.75) is 6.54 Å². The molecule has 0 saturated carbocycles. The normalized spacial score (nSPS) is 11.2. The molecule has 0 aliphatic carbocycles. The molecular formula is C27H18Cl2N4O3S. The van der Waals surface area contributed by atoms with Gasteiger partial charge in [-0.3, -0.25) is 9.48 Å². The summed E-state index contributed by atoms with van der Waals surface area (Å²) < 4.78 is 8.16. The first-order chi connectivity index (χ1) is 18.0. The molecule has 0 atom stereocenters. The van der Waals surface area contributed by atoms with Crippen LogP contribution in [0.5, 0.6) is 5.75 Å². The number of hydrogen-bond acceptors (Lipinski definition) is 6. The zero-order valence-corrected chi connectivity index (χ0v) is 21.4. The quantitative estimate of drug-likeness (QED) is 0.110. The lowest BCUT2D eigenvalue weighted by Crippen LogP contribution is -2.19. The molecule has 0 unspecified atom stereocenters. The molecule has 2 heterocycles. The smallest absolute Gasteiger partial charge is 0.355 e. The molecule has 5 aromatic rings. The molecule has 1 amide bonds. The zero-order chi connectivity index (χ0) is 25.8. The van der Waals surface area contributed by atoms with Gasteiger partial charge in [0.15, 0.2) is 5.69 Å². The van der Waals surface area contributed by atoms with E-state index in [1.54, 1.807) is 53.3 Å². The number of benzene rings is 3. The summed E-state index contributed by atoms with van der Waals surface area (Å²) in [6.45, 7) is 0.496. The van der Waals surface area contributed by atoms with E-state index >= 15 is 0 Å². The summed E-state index contributed by atoms with van der Waals surface area (Å²) in [6.07, 6.45) is 3.11. The third-order valence-corrected chi connectivity index (χ3v) is 7.25. The van der Waals surface area contributed by atoms with Crippen LogP contribution in [-0.4, -0.2) is 27.9 Å². The number of fused-ring (bicyclic) bond motifs is 1. The maximum atomic E-state index is 12.8. The summed E-state index contributed by atoms with van der Waals surface area (Å²) in [6, 6.07) is 23.3. The molecule has 0 aliphatic rings. The molecule has 0 bridgehead atoms. The molecule has 10 heteroatoms. The minimum atomic E-state index is -0.567. The van der Waals surface area contributed by atoms with Gasteiger partial charge in [-0.05, 0) is 42.0 Å². The van der Waals surface area contributed by atoms with Gasteiger partial charge in [0.05, 0.1) is 17.8 Å². The van der Waals surface area contributed by atoms with E-state index in [1.165, 1.54) is 17.6 Å². The number of rotatable bonds is 7. The Hall–Kier alpha value is -3.98. The highest BCUT2D eigenvalue weighted by Gasteiger charge is 2.20. The number of para-hydroxylation sites is 1. The lowest BCUT2D eigenvalue weighted by Gasteiger charge is -2.06. The maximum absolute atomic E-state index is 12.8. The second kappa shape index (κ2) is 11.0. The molecule has 0 spiro atoms. The van der Waals surface area contributed by atoms with Crippen LogP contribution < -0.4 is 10.2 Å². The highest BCUT2D eigenvalue weighted by Crippen LogP contribution is 2.36. The fourth-order valence-electron chi connectivity index (χ4n) is 3.54. The average Bonchev–Trinajstić information content (AvgIpc) is 3.51. The van der Waals surface area contributed by atoms with Gasteiger partial charge in [0.2, 0.25) is 0 Å². The molecule has 7 nitrogen and oxygen atoms in total. The molecule has 3 aromatic carbocycles. The van der Waals surface area contributed by atoms with Crippen LogP contribution in [0.1, 0.15) is 31.3 Å². The number of carbonyl (C=O) groups excluding carboxylic acids is 2. The Balaban J connectivity index is 1.24. The van der Waals surface area contributed by atoms with E-state index in [0.717, 1.165) is 15.6 Å². The van der Waals surface area contributed by atoms with E-state index in [-0.39, 0.29) is 11.4 Å². The summed E-state index contributed by atoms with van der Waals surface area (Å²) in [5.74, 6) is -0.758. The van der Waals surface area contributed by atoms with Crippen LogP contribution >= 0.6 is 34.5 Å². The van der Waals surface area contributed by atoms with Gasteiger partial charge >= 0.3 is 5.97 Å². The highest BCUT2D eigenvalue weighted by atomic mass is 35.5. The SMILES string of the molecule is O=C(N/N=C/c1ccccc1OC(=O)c1sc2ccccc2c1Cl)c1ccn(Cc2ccc(Cl)cc2)n1. The van der Waals surface area contributed by atoms with Crippen molar-refractivity contribution < 1.29 is 14.3 Å². The third kappa shape index (κ3) is 5.72. The summed E-state index contributed by atoms with van der Waals surface area (Å²) >= 11 is 13.6. The summed E-state index contributed by atoms with van der Waals surface area (Å²) in [7, 11) is 0. The van der Waals surface area contributed by atoms with Crippen LogP contribution in [0.4, 0.5) is 0 Å². The lowest BCUT2D eigenvalue weighted by atomic mass is 10.2. The largest absolute Gasteiger partial charge is 0.422 e. The summed E-state index contributed by atoms with van der Waals surface area (Å²) in [5.41, 5.74) is 4.16. The van der Waals surface area contributed by atoms with Crippen LogP contribution in [-0.2, 0) is 6.54 Å². The predicted octanol–water partition coefficient (Wildman–Crippen LogP) is 6.44. The Morgan fingerprint density at radius 3 is 2.57 bits per heavy atom. The number of carbonyl (C=O) groups is 2. The molecular weight excluding hydrogens is 531 g/mol. The van der Waals surface area contributed by atoms with E-state index in [4.69, 9.17) is 27.9 Å². The Morgan fingerprint density at radius 1 is 1.00 bits per heavy atom. The molecule has 0 radical (unpaired) electrons. The minimum absolute atomic E-state index is 0.213. The number of hydrogen-bond donors (Lipinski definition) is 1. The monoisotopic (exact) mass is 548 g/mol. The van der Waals surface area contributed by atoms with E-state index in [1.807, 2.05) is 36.4 Å². The van der Waals surface area contributed by atoms with Crippen molar-refractivity contribution in [1.29, 1.82) is 0 Å². The van der Waals surface area contributed by atoms with E-state index in [0.29, 0.717) is 27.0 Å². The van der Waals surface area contributed by atoms with Gasteiger partial charge in [-0.1, -0.05) is 65.7 Å². The standard InChI is InChI=1S/C27H18Cl2N4O3S/c28-19-11-9-17(10-12-19)16-33-14-13-21(32-33)26(34)31-30-15-18-5-1-3-7-22(18)36-27(35)25-24(29)20-6-2-4-8-23(20)37-25/h1-15H,16H2,(H,31,34)/b30-15+. The predicted molar refractivity (Wildman–Crippen MR) is 146 cm³/mol. The first-order valence-corrected chi connectivity index (χ1v) is 12.6. The summed E-state index contributed by atoms with van der Waals surface area (Å²) in [5, 5.41) is 10.1. The fourth-order valence-corrected chi connectivity index (χ4v) is 5.05. The lowest BCUT2D eigenvalue weighted by molar-refractivity contribution is 0.0739. The van der Waals surface area contributed by atoms with Gasteiger partial charge in [-0.15, -0.1) is 11.3 Å². The molecule has 2 aromatic heterocycles. The highest BCUT2D eigenvalue weighted by molar-refractivity contribution is 7.21. The Morgan fingerprint density at radius 2 is 1.76 bits per heavy atom. The number of nitrogens with zero attached hydrogens (tertiary/aromatic N) is 3. The number of nitrogens with one attached hydrogen (secondary N) is 1. The molecule has 0 aliphatic heterocycles. The van der Waals surface area contributed by atoms with Crippen molar-refractivity contribution in [3.05, 3.63) is 117 Å². The first kappa shape index (κ1) is 24.7. The number of aromatic nitrogens is 2. The molecule has 0 fully saturated rings. The third-order valence-electron chi connectivity index (χ3n) is 5.34. The van der Waals surface area contributed by atoms with Crippen LogP contribution in [0, 0.1) is 0 Å². The molecule has 5 rings (SSSR count). The van der Waals surface area contributed by atoms with Crippen LogP contribution in [0.3, 0.4) is 0 Å². The van der Waals surface area contributed by atoms with Gasteiger partial charge < -0.3 is 4.74 Å². The second-order valence-corrected chi connectivity index (χ2v) is 9.76.